The molecule has 46 heavy (non-hydrogen) atoms. The van der Waals surface area contributed by atoms with Crippen molar-refractivity contribution >= 4 is 34.1 Å². The van der Waals surface area contributed by atoms with Crippen LogP contribution in [-0.2, 0) is 10.8 Å². The summed E-state index contributed by atoms with van der Waals surface area (Å²) in [6, 6.07) is 49.5. The minimum absolute atomic E-state index is 0.0856. The van der Waals surface area contributed by atoms with Crippen LogP contribution in [0.4, 0.5) is 34.1 Å². The van der Waals surface area contributed by atoms with E-state index in [0.717, 1.165) is 11.4 Å². The molecule has 0 N–H and O–H groups in total. The third-order valence-corrected chi connectivity index (χ3v) is 10.3. The van der Waals surface area contributed by atoms with E-state index >= 15 is 0 Å². The highest BCUT2D eigenvalue weighted by molar-refractivity contribution is 5.94. The van der Waals surface area contributed by atoms with Gasteiger partial charge in [-0.2, -0.15) is 0 Å². The van der Waals surface area contributed by atoms with Crippen LogP contribution in [0.1, 0.15) is 61.1 Å². The van der Waals surface area contributed by atoms with Crippen LogP contribution in [0.5, 0.6) is 0 Å². The molecule has 0 radical (unpaired) electrons. The topological polar surface area (TPSA) is 6.48 Å². The Kier molecular flexibility index (Phi) is 6.31. The van der Waals surface area contributed by atoms with E-state index in [1.54, 1.807) is 0 Å². The molecule has 6 aromatic carbocycles. The first-order valence-corrected chi connectivity index (χ1v) is 16.4. The Labute approximate surface area is 273 Å². The van der Waals surface area contributed by atoms with Crippen molar-refractivity contribution in [3.63, 3.8) is 0 Å². The van der Waals surface area contributed by atoms with Gasteiger partial charge in [0.05, 0.1) is 17.1 Å². The van der Waals surface area contributed by atoms with E-state index < -0.39 is 0 Å². The predicted molar refractivity (Wildman–Crippen MR) is 195 cm³/mol. The van der Waals surface area contributed by atoms with Crippen LogP contribution in [0, 0.1) is 13.8 Å². The Hall–Kier alpha value is -5.08. The van der Waals surface area contributed by atoms with E-state index in [4.69, 9.17) is 0 Å². The molecular weight excluding hydrogens is 556 g/mol. The average Bonchev–Trinajstić information content (AvgIpc) is 3.05. The Morgan fingerprint density at radius 1 is 0.435 bits per heavy atom. The fraction of sp³-hybridized carbons (Fsp3) is 0.182. The Bertz CT molecular complexity index is 2100. The lowest BCUT2D eigenvalue weighted by Gasteiger charge is -2.49. The summed E-state index contributed by atoms with van der Waals surface area (Å²) in [5.74, 6) is 0. The second-order valence-electron chi connectivity index (χ2n) is 14.1. The molecule has 0 aliphatic carbocycles. The van der Waals surface area contributed by atoms with E-state index in [2.05, 4.69) is 185 Å². The lowest BCUT2D eigenvalue weighted by molar-refractivity contribution is 0.597. The van der Waals surface area contributed by atoms with Crippen LogP contribution in [0.3, 0.4) is 0 Å². The zero-order valence-corrected chi connectivity index (χ0v) is 27.6. The van der Waals surface area contributed by atoms with Crippen LogP contribution in [0.25, 0.3) is 11.1 Å². The maximum atomic E-state index is 2.53. The van der Waals surface area contributed by atoms with Gasteiger partial charge in [-0.15, -0.1) is 0 Å². The summed E-state index contributed by atoms with van der Waals surface area (Å²) < 4.78 is 0. The van der Waals surface area contributed by atoms with Gasteiger partial charge in [-0.1, -0.05) is 113 Å². The van der Waals surface area contributed by atoms with E-state index in [1.807, 2.05) is 0 Å². The minimum atomic E-state index is -0.194. The Morgan fingerprint density at radius 2 is 0.978 bits per heavy atom. The third kappa shape index (κ3) is 4.24. The van der Waals surface area contributed by atoms with Gasteiger partial charge in [0.25, 0.3) is 0 Å². The van der Waals surface area contributed by atoms with E-state index in [0.29, 0.717) is 0 Å². The molecule has 2 heteroatoms. The quantitative estimate of drug-likeness (QED) is 0.200. The fourth-order valence-corrected chi connectivity index (χ4v) is 7.97. The summed E-state index contributed by atoms with van der Waals surface area (Å²) in [4.78, 5) is 4.95. The monoisotopic (exact) mass is 596 g/mol. The van der Waals surface area contributed by atoms with Crippen LogP contribution < -0.4 is 9.80 Å². The zero-order chi connectivity index (χ0) is 31.8. The van der Waals surface area contributed by atoms with Crippen molar-refractivity contribution in [3.8, 4) is 11.1 Å². The molecule has 2 aliphatic heterocycles. The van der Waals surface area contributed by atoms with Gasteiger partial charge in [-0.05, 0) is 107 Å². The van der Waals surface area contributed by atoms with Crippen molar-refractivity contribution in [2.45, 2.75) is 52.4 Å². The van der Waals surface area contributed by atoms with E-state index in [-0.39, 0.29) is 10.8 Å². The SMILES string of the molecule is Cc1cc(C)cc(N(c2ccc(-c3ccccc3)cc2)c2ccc3c(c2)C(C)(C)c2cccc4c2N3c2ccccc2C4(C)C)c1. The summed E-state index contributed by atoms with van der Waals surface area (Å²) in [6.45, 7) is 13.9. The van der Waals surface area contributed by atoms with E-state index in [9.17, 15) is 0 Å². The summed E-state index contributed by atoms with van der Waals surface area (Å²) in [6.07, 6.45) is 0. The molecule has 226 valence electrons. The molecule has 8 rings (SSSR count). The smallest absolute Gasteiger partial charge is 0.0543 e. The number of hydrogen-bond donors (Lipinski definition) is 0. The molecule has 0 bridgehead atoms. The number of hydrogen-bond acceptors (Lipinski definition) is 2. The highest BCUT2D eigenvalue weighted by Gasteiger charge is 2.45. The molecule has 0 saturated heterocycles. The van der Waals surface area contributed by atoms with Crippen molar-refractivity contribution in [2.24, 2.45) is 0 Å². The third-order valence-electron chi connectivity index (χ3n) is 10.3. The standard InChI is InChI=1S/C44H40N2/c1-29-25-30(2)27-35(26-29)45(33-21-19-32(20-22-33)31-13-8-7-9-14-31)34-23-24-41-39(28-34)44(5,6)38-17-12-16-37-42(38)46(41)40-18-11-10-15-36(40)43(37,3)4/h7-28H,1-6H3. The average molecular weight is 597 g/mol. The number of para-hydroxylation sites is 2. The number of benzene rings is 6. The molecule has 2 aliphatic rings. The highest BCUT2D eigenvalue weighted by Crippen LogP contribution is 2.60. The molecule has 0 spiro atoms. The molecule has 0 unspecified atom stereocenters. The van der Waals surface area contributed by atoms with Gasteiger partial charge < -0.3 is 9.80 Å². The molecule has 0 amide bonds. The fourth-order valence-electron chi connectivity index (χ4n) is 7.97. The van der Waals surface area contributed by atoms with Crippen LogP contribution in [0.2, 0.25) is 0 Å². The Morgan fingerprint density at radius 3 is 1.67 bits per heavy atom. The number of anilines is 6. The van der Waals surface area contributed by atoms with Crippen molar-refractivity contribution in [1.82, 2.24) is 0 Å². The molecule has 0 fully saturated rings. The predicted octanol–water partition coefficient (Wildman–Crippen LogP) is 12.2. The first-order chi connectivity index (χ1) is 22.1. The van der Waals surface area contributed by atoms with Crippen molar-refractivity contribution < 1.29 is 0 Å². The normalized spacial score (nSPS) is 15.0. The van der Waals surface area contributed by atoms with Crippen molar-refractivity contribution in [3.05, 3.63) is 167 Å². The molecule has 0 atom stereocenters. The summed E-state index contributed by atoms with van der Waals surface area (Å²) in [7, 11) is 0. The summed E-state index contributed by atoms with van der Waals surface area (Å²) in [5.41, 5.74) is 17.5. The van der Waals surface area contributed by atoms with Crippen molar-refractivity contribution in [1.29, 1.82) is 0 Å². The summed E-state index contributed by atoms with van der Waals surface area (Å²) >= 11 is 0. The Balaban J connectivity index is 1.33. The largest absolute Gasteiger partial charge is 0.310 e. The van der Waals surface area contributed by atoms with Gasteiger partial charge in [0.1, 0.15) is 0 Å². The second kappa shape index (κ2) is 10.2. The molecule has 2 heterocycles. The zero-order valence-electron chi connectivity index (χ0n) is 27.6. The van der Waals surface area contributed by atoms with Gasteiger partial charge in [0.2, 0.25) is 0 Å². The first-order valence-electron chi connectivity index (χ1n) is 16.4. The van der Waals surface area contributed by atoms with Gasteiger partial charge in [-0.25, -0.2) is 0 Å². The lowest BCUT2D eigenvalue weighted by atomic mass is 9.66. The number of aryl methyl sites for hydroxylation is 2. The van der Waals surface area contributed by atoms with Gasteiger partial charge in [0.15, 0.2) is 0 Å². The minimum Gasteiger partial charge on any atom is -0.310 e. The maximum Gasteiger partial charge on any atom is 0.0543 e. The lowest BCUT2D eigenvalue weighted by Crippen LogP contribution is -2.38. The van der Waals surface area contributed by atoms with Gasteiger partial charge in [0, 0.05) is 27.9 Å². The van der Waals surface area contributed by atoms with Crippen LogP contribution >= 0.6 is 0 Å². The highest BCUT2D eigenvalue weighted by atomic mass is 15.2. The number of fused-ring (bicyclic) bond motifs is 4. The summed E-state index contributed by atoms with van der Waals surface area (Å²) in [5, 5.41) is 0. The molecule has 2 nitrogen and oxygen atoms in total. The van der Waals surface area contributed by atoms with Crippen LogP contribution in [0.15, 0.2) is 133 Å². The van der Waals surface area contributed by atoms with Crippen LogP contribution in [-0.4, -0.2) is 0 Å². The number of nitrogens with zero attached hydrogens (tertiary/aromatic N) is 2. The molecule has 0 aromatic heterocycles. The van der Waals surface area contributed by atoms with Gasteiger partial charge >= 0.3 is 0 Å². The molecule has 6 aromatic rings. The van der Waals surface area contributed by atoms with E-state index in [1.165, 1.54) is 67.3 Å². The maximum absolute atomic E-state index is 2.53. The molecule has 0 saturated carbocycles. The van der Waals surface area contributed by atoms with Gasteiger partial charge in [-0.3, -0.25) is 0 Å². The second-order valence-corrected chi connectivity index (χ2v) is 14.1. The first kappa shape index (κ1) is 28.4. The number of rotatable bonds is 4. The van der Waals surface area contributed by atoms with Crippen molar-refractivity contribution in [2.75, 3.05) is 9.80 Å². The molecular formula is C44H40N2.